The number of hydrogen-bond acceptors (Lipinski definition) is 13. The molecule has 0 spiro atoms. The van der Waals surface area contributed by atoms with Crippen molar-refractivity contribution in [3.63, 3.8) is 0 Å². The Morgan fingerprint density at radius 3 is 1.69 bits per heavy atom. The molecule has 0 aromatic heterocycles. The van der Waals surface area contributed by atoms with Crippen LogP contribution < -0.4 is 34.8 Å². The van der Waals surface area contributed by atoms with Crippen LogP contribution in [0, 0.1) is 0 Å². The first-order valence-electron chi connectivity index (χ1n) is 22.9. The predicted molar refractivity (Wildman–Crippen MR) is 295 cm³/mol. The summed E-state index contributed by atoms with van der Waals surface area (Å²) < 4.78 is 26.0. The SMILES string of the molecule is CCC(C)(Br)C(=O)Nc1cccc(NC(O)c2cc3ccccc3c(N=Nc3ccc(S(=O)(=O)c4ccc(N=Nc5c(O)c(C(=O)Nc6cccc([N-]C(=O)C(C)(C)Br)c6)cc6ccccc56)cc4)cc3)c2O)c1.[Li+]. The minimum absolute atomic E-state index is 0. The van der Waals surface area contributed by atoms with Crippen LogP contribution in [0.15, 0.2) is 188 Å². The smallest absolute Gasteiger partial charge is 0.626 e. The number of carbonyl (C=O) groups excluding carboxylic acids is 3. The first-order valence-corrected chi connectivity index (χ1v) is 26.0. The van der Waals surface area contributed by atoms with E-state index < -0.39 is 42.3 Å². The van der Waals surface area contributed by atoms with Gasteiger partial charge in [0.1, 0.15) is 15.7 Å². The number of hydrogen-bond donors (Lipinski definition) is 6. The van der Waals surface area contributed by atoms with E-state index in [1.54, 1.807) is 118 Å². The topological polar surface area (TPSA) is 246 Å². The number of halogens is 2. The number of amides is 3. The molecule has 6 N–H and O–H groups in total. The molecular weight excluding hydrogens is 1100 g/mol. The van der Waals surface area contributed by atoms with Gasteiger partial charge < -0.3 is 41.4 Å². The van der Waals surface area contributed by atoms with Gasteiger partial charge in [0.25, 0.3) is 5.91 Å². The van der Waals surface area contributed by atoms with Crippen LogP contribution in [0.2, 0.25) is 0 Å². The molecule has 2 unspecified atom stereocenters. The van der Waals surface area contributed by atoms with Crippen LogP contribution in [0.5, 0.6) is 11.5 Å². The summed E-state index contributed by atoms with van der Waals surface area (Å²) in [7, 11) is -4.04. The van der Waals surface area contributed by atoms with Gasteiger partial charge in [-0.05, 0) is 123 Å². The Morgan fingerprint density at radius 2 is 1.13 bits per heavy atom. The molecule has 0 aliphatic carbocycles. The summed E-state index contributed by atoms with van der Waals surface area (Å²) in [5.41, 5.74) is 2.28. The van der Waals surface area contributed by atoms with Gasteiger partial charge in [0, 0.05) is 33.4 Å². The van der Waals surface area contributed by atoms with Crippen LogP contribution in [0.1, 0.15) is 56.3 Å². The molecule has 0 fully saturated rings. The van der Waals surface area contributed by atoms with Crippen molar-refractivity contribution < 1.29 is 57.0 Å². The van der Waals surface area contributed by atoms with Gasteiger partial charge in [0.15, 0.2) is 17.7 Å². The van der Waals surface area contributed by atoms with Gasteiger partial charge >= 0.3 is 18.9 Å². The average Bonchev–Trinajstić information content (AvgIpc) is 3.38. The second-order valence-electron chi connectivity index (χ2n) is 17.6. The minimum atomic E-state index is -4.04. The quantitative estimate of drug-likeness (QED) is 0.0233. The molecule has 0 aliphatic heterocycles. The number of phenolic OH excluding ortho intramolecular Hbond substituents is 2. The van der Waals surface area contributed by atoms with Gasteiger partial charge in [0.2, 0.25) is 15.7 Å². The minimum Gasteiger partial charge on any atom is -0.626 e. The summed E-state index contributed by atoms with van der Waals surface area (Å²) in [5, 5.41) is 66.6. The number of sulfone groups is 1. The molecule has 0 heterocycles. The molecule has 0 radical (unpaired) electrons. The second-order valence-corrected chi connectivity index (χ2v) is 23.3. The zero-order valence-electron chi connectivity index (χ0n) is 41.1. The zero-order chi connectivity index (χ0) is 53.0. The van der Waals surface area contributed by atoms with Crippen LogP contribution in [0.25, 0.3) is 26.9 Å². The summed E-state index contributed by atoms with van der Waals surface area (Å²) in [5.74, 6) is -2.06. The molecule has 8 aromatic carbocycles. The summed E-state index contributed by atoms with van der Waals surface area (Å²) in [4.78, 5) is 38.7. The average molecular weight is 1150 g/mol. The summed E-state index contributed by atoms with van der Waals surface area (Å²) in [6, 6.07) is 41.8. The van der Waals surface area contributed by atoms with Crippen molar-refractivity contribution in [1.29, 1.82) is 0 Å². The van der Waals surface area contributed by atoms with E-state index in [9.17, 15) is 38.1 Å². The van der Waals surface area contributed by atoms with Gasteiger partial charge in [-0.25, -0.2) is 8.42 Å². The predicted octanol–water partition coefficient (Wildman–Crippen LogP) is 11.6. The van der Waals surface area contributed by atoms with Crippen molar-refractivity contribution in [2.75, 3.05) is 16.0 Å². The second kappa shape index (κ2) is 23.1. The number of aromatic hydroxyl groups is 2. The number of carbonyl (C=O) groups is 3. The number of fused-ring (bicyclic) bond motifs is 2. The van der Waals surface area contributed by atoms with Crippen molar-refractivity contribution in [2.24, 2.45) is 20.5 Å². The Kier molecular flexibility index (Phi) is 17.1. The molecule has 75 heavy (non-hydrogen) atoms. The first-order chi connectivity index (χ1) is 35.2. The summed E-state index contributed by atoms with van der Waals surface area (Å²) in [6.07, 6.45) is -0.843. The van der Waals surface area contributed by atoms with Crippen molar-refractivity contribution in [3.05, 3.63) is 174 Å². The van der Waals surface area contributed by atoms with Crippen LogP contribution in [-0.4, -0.2) is 50.1 Å². The van der Waals surface area contributed by atoms with Crippen molar-refractivity contribution in [1.82, 2.24) is 0 Å². The Bertz CT molecular complexity index is 3650. The fourth-order valence-corrected chi connectivity index (χ4v) is 8.87. The molecule has 0 bridgehead atoms. The molecule has 376 valence electrons. The number of aliphatic hydroxyl groups excluding tert-OH is 1. The number of aliphatic hydroxyl groups is 1. The summed E-state index contributed by atoms with van der Waals surface area (Å²) in [6.45, 7) is 7.01. The zero-order valence-corrected chi connectivity index (χ0v) is 45.1. The van der Waals surface area contributed by atoms with Gasteiger partial charge in [0.05, 0.1) is 37.0 Å². The van der Waals surface area contributed by atoms with Crippen molar-refractivity contribution >= 4 is 126 Å². The van der Waals surface area contributed by atoms with E-state index in [0.29, 0.717) is 50.7 Å². The Labute approximate surface area is 461 Å². The Balaban J connectivity index is 0.00000820. The molecular formula is C55H47Br2LiN8O8S. The molecule has 8 aromatic rings. The van der Waals surface area contributed by atoms with Gasteiger partial charge in [-0.2, -0.15) is 10.2 Å². The van der Waals surface area contributed by atoms with Gasteiger partial charge in [-0.15, -0.1) is 15.9 Å². The third-order valence-electron chi connectivity index (χ3n) is 11.8. The Morgan fingerprint density at radius 1 is 0.627 bits per heavy atom. The molecule has 0 aliphatic rings. The van der Waals surface area contributed by atoms with E-state index >= 15 is 0 Å². The number of nitrogens with zero attached hydrogens (tertiary/aromatic N) is 5. The standard InChI is InChI=1S/C55H48Br2N8O8S.Li/c1-5-55(4,57)53(71)61-39-17-11-15-37(31-39)59-51(69)45-29-33-13-7-9-19-43(33)47(49(45)67)65-63-35-22-26-41(27-23-35)74(72,73)40-24-20-34(21-25-40)62-64-46-42-18-8-6-12-32(42)28-44(48(46)66)50(68)58-36-14-10-16-38(30-36)60-52(70)54(2,3)56;/h6-31,51,59,69H,5H2,1-4H3,(H5,58,60,61,62,63,66,67,68,70,71);/q;+1/p-1. The molecule has 0 saturated carbocycles. The summed E-state index contributed by atoms with van der Waals surface area (Å²) >= 11 is 6.75. The maximum absolute atomic E-state index is 13.8. The van der Waals surface area contributed by atoms with E-state index in [4.69, 9.17) is 0 Å². The number of alkyl halides is 2. The molecule has 3 amide bonds. The number of azo groups is 2. The van der Waals surface area contributed by atoms with E-state index in [1.165, 1.54) is 60.7 Å². The van der Waals surface area contributed by atoms with E-state index in [-0.39, 0.29) is 74.2 Å². The fraction of sp³-hybridized carbons (Fsp3) is 0.145. The maximum atomic E-state index is 13.8. The number of anilines is 3. The van der Waals surface area contributed by atoms with E-state index in [2.05, 4.69) is 73.6 Å². The van der Waals surface area contributed by atoms with E-state index in [1.807, 2.05) is 6.92 Å². The largest absolute Gasteiger partial charge is 1.00 e. The van der Waals surface area contributed by atoms with E-state index in [0.717, 1.165) is 0 Å². The van der Waals surface area contributed by atoms with Gasteiger partial charge in [-0.3, -0.25) is 9.59 Å². The molecule has 8 rings (SSSR count). The fourth-order valence-electron chi connectivity index (χ4n) is 7.42. The molecule has 20 heteroatoms. The Hall–Kier alpha value is -7.24. The number of rotatable bonds is 16. The number of phenols is 2. The normalized spacial score (nSPS) is 13.0. The van der Waals surface area contributed by atoms with Crippen LogP contribution in [0.3, 0.4) is 0 Å². The number of benzene rings is 8. The first kappa shape index (κ1) is 55.5. The van der Waals surface area contributed by atoms with Crippen LogP contribution in [0.4, 0.5) is 45.5 Å². The molecule has 0 saturated heterocycles. The van der Waals surface area contributed by atoms with Crippen LogP contribution >= 0.6 is 31.9 Å². The van der Waals surface area contributed by atoms with Crippen molar-refractivity contribution in [3.8, 4) is 11.5 Å². The monoisotopic (exact) mass is 1140 g/mol. The van der Waals surface area contributed by atoms with Crippen molar-refractivity contribution in [2.45, 2.75) is 58.8 Å². The van der Waals surface area contributed by atoms with Gasteiger partial charge in [-0.1, -0.05) is 112 Å². The third kappa shape index (κ3) is 12.8. The number of nitrogens with one attached hydrogen (secondary N) is 3. The molecule has 2 atom stereocenters. The third-order valence-corrected chi connectivity index (χ3v) is 14.8. The van der Waals surface area contributed by atoms with Crippen LogP contribution in [-0.2, 0) is 19.4 Å². The maximum Gasteiger partial charge on any atom is 1.00 e. The molecule has 16 nitrogen and oxygen atoms in total.